The van der Waals surface area contributed by atoms with E-state index in [9.17, 15) is 0 Å². The second-order valence-corrected chi connectivity index (χ2v) is 3.80. The average Bonchev–Trinajstić information content (AvgIpc) is 2.06. The van der Waals surface area contributed by atoms with Crippen LogP contribution in [-0.4, -0.2) is 0 Å². The van der Waals surface area contributed by atoms with Gasteiger partial charge >= 0.3 is 0 Å². The van der Waals surface area contributed by atoms with Crippen molar-refractivity contribution in [3.05, 3.63) is 12.2 Å². The molecule has 0 spiro atoms. The Hall–Kier alpha value is -0.770. The summed E-state index contributed by atoms with van der Waals surface area (Å²) in [6.07, 6.45) is 7.11. The summed E-state index contributed by atoms with van der Waals surface area (Å²) in [5, 5.41) is 8.90. The van der Waals surface area contributed by atoms with Crippen molar-refractivity contribution >= 4 is 0 Å². The summed E-state index contributed by atoms with van der Waals surface area (Å²) in [5.41, 5.74) is 0. The van der Waals surface area contributed by atoms with Crippen LogP contribution >= 0.6 is 0 Å². The van der Waals surface area contributed by atoms with Crippen molar-refractivity contribution in [2.45, 2.75) is 19.8 Å². The van der Waals surface area contributed by atoms with Gasteiger partial charge in [-0.3, -0.25) is 0 Å². The van der Waals surface area contributed by atoms with E-state index in [1.165, 1.54) is 12.8 Å². The van der Waals surface area contributed by atoms with Crippen molar-refractivity contribution in [2.24, 2.45) is 23.7 Å². The summed E-state index contributed by atoms with van der Waals surface area (Å²) in [6, 6.07) is 2.43. The van der Waals surface area contributed by atoms with Crippen molar-refractivity contribution in [1.82, 2.24) is 0 Å². The molecule has 1 fully saturated rings. The zero-order chi connectivity index (χ0) is 7.84. The van der Waals surface area contributed by atoms with Gasteiger partial charge in [0.25, 0.3) is 0 Å². The number of nitriles is 1. The molecular formula is C10H13N. The molecule has 4 atom stereocenters. The topological polar surface area (TPSA) is 23.8 Å². The molecule has 0 aliphatic heterocycles. The second kappa shape index (κ2) is 2.37. The van der Waals surface area contributed by atoms with E-state index in [2.05, 4.69) is 25.1 Å². The van der Waals surface area contributed by atoms with E-state index in [1.807, 2.05) is 0 Å². The van der Waals surface area contributed by atoms with Gasteiger partial charge in [-0.15, -0.1) is 0 Å². The minimum absolute atomic E-state index is 0.304. The standard InChI is InChI=1S/C10H13N/c1-7-8-2-4-9(5-3-8)10(7)6-11/h2,4,7-10H,3,5H2,1H3/t7-,8+,9-,10+/m1/s1. The Labute approximate surface area is 67.7 Å². The van der Waals surface area contributed by atoms with Crippen LogP contribution in [0.2, 0.25) is 0 Å². The molecule has 0 amide bonds. The zero-order valence-electron chi connectivity index (χ0n) is 6.83. The van der Waals surface area contributed by atoms with Crippen molar-refractivity contribution in [1.29, 1.82) is 5.26 Å². The molecule has 0 aromatic heterocycles. The Morgan fingerprint density at radius 3 is 2.27 bits per heavy atom. The maximum atomic E-state index is 8.90. The second-order valence-electron chi connectivity index (χ2n) is 3.80. The molecule has 0 aromatic carbocycles. The van der Waals surface area contributed by atoms with Crippen molar-refractivity contribution in [2.75, 3.05) is 0 Å². The first-order valence-corrected chi connectivity index (χ1v) is 4.41. The molecule has 0 saturated heterocycles. The number of hydrogen-bond acceptors (Lipinski definition) is 1. The van der Waals surface area contributed by atoms with Crippen LogP contribution in [0, 0.1) is 35.0 Å². The van der Waals surface area contributed by atoms with Gasteiger partial charge in [0, 0.05) is 0 Å². The van der Waals surface area contributed by atoms with E-state index in [0.29, 0.717) is 23.7 Å². The third kappa shape index (κ3) is 0.894. The highest BCUT2D eigenvalue weighted by atomic mass is 14.4. The Morgan fingerprint density at radius 1 is 1.27 bits per heavy atom. The van der Waals surface area contributed by atoms with E-state index < -0.39 is 0 Å². The van der Waals surface area contributed by atoms with Crippen LogP contribution in [0.3, 0.4) is 0 Å². The molecule has 11 heavy (non-hydrogen) atoms. The average molecular weight is 147 g/mol. The van der Waals surface area contributed by atoms with Gasteiger partial charge in [0.05, 0.1) is 12.0 Å². The molecule has 2 bridgehead atoms. The van der Waals surface area contributed by atoms with Crippen LogP contribution in [-0.2, 0) is 0 Å². The van der Waals surface area contributed by atoms with Crippen LogP contribution in [0.25, 0.3) is 0 Å². The molecule has 0 aromatic rings. The van der Waals surface area contributed by atoms with Gasteiger partial charge in [-0.2, -0.15) is 5.26 Å². The van der Waals surface area contributed by atoms with Gasteiger partial charge in [-0.25, -0.2) is 0 Å². The number of hydrogen-bond donors (Lipinski definition) is 0. The molecule has 58 valence electrons. The lowest BCUT2D eigenvalue weighted by molar-refractivity contribution is 0.180. The minimum Gasteiger partial charge on any atom is -0.198 e. The van der Waals surface area contributed by atoms with E-state index in [0.717, 1.165) is 0 Å². The summed E-state index contributed by atoms with van der Waals surface area (Å²) < 4.78 is 0. The van der Waals surface area contributed by atoms with E-state index in [1.54, 1.807) is 0 Å². The van der Waals surface area contributed by atoms with E-state index in [-0.39, 0.29) is 0 Å². The maximum Gasteiger partial charge on any atom is 0.0665 e. The number of nitrogens with zero attached hydrogens (tertiary/aromatic N) is 1. The summed E-state index contributed by atoms with van der Waals surface area (Å²) in [4.78, 5) is 0. The molecule has 1 saturated carbocycles. The van der Waals surface area contributed by atoms with Crippen LogP contribution in [0.15, 0.2) is 12.2 Å². The lowest BCUT2D eigenvalue weighted by Crippen LogP contribution is -2.34. The summed E-state index contributed by atoms with van der Waals surface area (Å²) >= 11 is 0. The highest BCUT2D eigenvalue weighted by molar-refractivity contribution is 5.13. The molecule has 3 aliphatic carbocycles. The maximum absolute atomic E-state index is 8.90. The Bertz CT molecular complexity index is 224. The molecule has 0 unspecified atom stereocenters. The van der Waals surface area contributed by atoms with E-state index in [4.69, 9.17) is 5.26 Å². The van der Waals surface area contributed by atoms with Gasteiger partial charge in [0.15, 0.2) is 0 Å². The normalized spacial score (nSPS) is 47.3. The first-order chi connectivity index (χ1) is 5.33. The Kier molecular flexibility index (Phi) is 1.49. The SMILES string of the molecule is C[C@H]1[C@H](C#N)[C@@H]2C=C[C@H]1CC2. The summed E-state index contributed by atoms with van der Waals surface area (Å²) in [7, 11) is 0. The lowest BCUT2D eigenvalue weighted by atomic mass is 9.63. The fourth-order valence-electron chi connectivity index (χ4n) is 2.47. The first-order valence-electron chi connectivity index (χ1n) is 4.41. The number of rotatable bonds is 0. The molecule has 3 aliphatic rings. The van der Waals surface area contributed by atoms with Crippen LogP contribution in [0.5, 0.6) is 0 Å². The molecule has 1 heteroatoms. The quantitative estimate of drug-likeness (QED) is 0.482. The highest BCUT2D eigenvalue weighted by Gasteiger charge is 2.37. The Balaban J connectivity index is 2.28. The number of allylic oxidation sites excluding steroid dienone is 2. The van der Waals surface area contributed by atoms with Gasteiger partial charge in [-0.05, 0) is 30.6 Å². The van der Waals surface area contributed by atoms with Crippen LogP contribution < -0.4 is 0 Å². The van der Waals surface area contributed by atoms with E-state index >= 15 is 0 Å². The van der Waals surface area contributed by atoms with Crippen LogP contribution in [0.1, 0.15) is 19.8 Å². The minimum atomic E-state index is 0.304. The fourth-order valence-corrected chi connectivity index (χ4v) is 2.47. The fraction of sp³-hybridized carbons (Fsp3) is 0.700. The molecule has 3 rings (SSSR count). The van der Waals surface area contributed by atoms with Gasteiger partial charge in [0.1, 0.15) is 0 Å². The Morgan fingerprint density at radius 2 is 1.91 bits per heavy atom. The molecule has 0 N–H and O–H groups in total. The molecule has 1 nitrogen and oxygen atoms in total. The van der Waals surface area contributed by atoms with Crippen LogP contribution in [0.4, 0.5) is 0 Å². The zero-order valence-corrected chi connectivity index (χ0v) is 6.83. The van der Waals surface area contributed by atoms with Crippen molar-refractivity contribution in [3.8, 4) is 6.07 Å². The predicted molar refractivity (Wildman–Crippen MR) is 43.6 cm³/mol. The molecule has 0 heterocycles. The van der Waals surface area contributed by atoms with Gasteiger partial charge in [0.2, 0.25) is 0 Å². The first kappa shape index (κ1) is 6.91. The summed E-state index contributed by atoms with van der Waals surface area (Å²) in [6.45, 7) is 2.22. The monoisotopic (exact) mass is 147 g/mol. The largest absolute Gasteiger partial charge is 0.198 e. The highest BCUT2D eigenvalue weighted by Crippen LogP contribution is 2.43. The smallest absolute Gasteiger partial charge is 0.0665 e. The van der Waals surface area contributed by atoms with Crippen molar-refractivity contribution in [3.63, 3.8) is 0 Å². The van der Waals surface area contributed by atoms with Gasteiger partial charge in [-0.1, -0.05) is 19.1 Å². The summed E-state index contributed by atoms with van der Waals surface area (Å²) in [5.74, 6) is 2.17. The predicted octanol–water partition coefficient (Wildman–Crippen LogP) is 2.36. The lowest BCUT2D eigenvalue weighted by Gasteiger charge is -2.39. The third-order valence-electron chi connectivity index (χ3n) is 3.29. The molecule has 0 radical (unpaired) electrons. The third-order valence-corrected chi connectivity index (χ3v) is 3.29. The van der Waals surface area contributed by atoms with Gasteiger partial charge < -0.3 is 0 Å². The number of fused-ring (bicyclic) bond motifs is 2. The molecular weight excluding hydrogens is 134 g/mol. The van der Waals surface area contributed by atoms with Crippen molar-refractivity contribution < 1.29 is 0 Å².